The van der Waals surface area contributed by atoms with Gasteiger partial charge in [-0.3, -0.25) is 0 Å². The molecular weight excluding hydrogens is 214 g/mol. The molecule has 4 heteroatoms. The van der Waals surface area contributed by atoms with Crippen LogP contribution in [-0.4, -0.2) is 24.1 Å². The normalized spacial score (nSPS) is 13.1. The van der Waals surface area contributed by atoms with Crippen LogP contribution in [0.5, 0.6) is 0 Å². The van der Waals surface area contributed by atoms with E-state index in [2.05, 4.69) is 36.1 Å². The molecule has 0 bridgehead atoms. The fourth-order valence-electron chi connectivity index (χ4n) is 1.87. The van der Waals surface area contributed by atoms with Gasteiger partial charge in [0.15, 0.2) is 5.82 Å². The van der Waals surface area contributed by atoms with Crippen molar-refractivity contribution in [1.29, 1.82) is 0 Å². The molecule has 17 heavy (non-hydrogen) atoms. The van der Waals surface area contributed by atoms with Crippen molar-refractivity contribution in [3.05, 3.63) is 23.3 Å². The zero-order valence-electron chi connectivity index (χ0n) is 11.4. The van der Waals surface area contributed by atoms with E-state index in [1.165, 1.54) is 0 Å². The molecule has 0 radical (unpaired) electrons. The smallest absolute Gasteiger partial charge is 0.157 e. The second kappa shape index (κ2) is 6.67. The topological polar surface area (TPSA) is 47.0 Å². The minimum Gasteiger partial charge on any atom is -0.373 e. The predicted octanol–water partition coefficient (Wildman–Crippen LogP) is 2.42. The summed E-state index contributed by atoms with van der Waals surface area (Å²) in [6.07, 6.45) is 2.80. The molecule has 1 N–H and O–H groups in total. The van der Waals surface area contributed by atoms with Crippen LogP contribution in [0.2, 0.25) is 0 Å². The average Bonchev–Trinajstić information content (AvgIpc) is 2.32. The van der Waals surface area contributed by atoms with Gasteiger partial charge in [0.2, 0.25) is 0 Å². The van der Waals surface area contributed by atoms with Crippen LogP contribution in [-0.2, 0) is 11.3 Å². The molecule has 0 saturated heterocycles. The number of nitrogens with zero attached hydrogens (tertiary/aromatic N) is 2. The van der Waals surface area contributed by atoms with Gasteiger partial charge >= 0.3 is 0 Å². The second-order valence-corrected chi connectivity index (χ2v) is 4.46. The van der Waals surface area contributed by atoms with Gasteiger partial charge in [-0.25, -0.2) is 9.97 Å². The van der Waals surface area contributed by atoms with E-state index in [1.54, 1.807) is 7.11 Å². The van der Waals surface area contributed by atoms with Crippen molar-refractivity contribution in [2.45, 2.75) is 45.8 Å². The monoisotopic (exact) mass is 237 g/mol. The second-order valence-electron chi connectivity index (χ2n) is 4.46. The van der Waals surface area contributed by atoms with Crippen molar-refractivity contribution in [1.82, 2.24) is 15.3 Å². The fraction of sp³-hybridized carbons (Fsp3) is 0.692. The summed E-state index contributed by atoms with van der Waals surface area (Å²) in [6, 6.07) is 0. The third-order valence-corrected chi connectivity index (χ3v) is 2.77. The molecule has 0 aliphatic rings. The summed E-state index contributed by atoms with van der Waals surface area (Å²) in [5.41, 5.74) is 2.28. The van der Waals surface area contributed by atoms with Gasteiger partial charge in [0.05, 0.1) is 5.69 Å². The Labute approximate surface area is 104 Å². The van der Waals surface area contributed by atoms with E-state index >= 15 is 0 Å². The number of methoxy groups -OCH3 is 1. The highest BCUT2D eigenvalue weighted by atomic mass is 16.5. The summed E-state index contributed by atoms with van der Waals surface area (Å²) in [5, 5.41) is 3.14. The van der Waals surface area contributed by atoms with Crippen molar-refractivity contribution in [2.24, 2.45) is 0 Å². The number of hydrogen-bond acceptors (Lipinski definition) is 4. The van der Waals surface area contributed by atoms with Crippen LogP contribution in [0.25, 0.3) is 0 Å². The molecule has 1 heterocycles. The molecule has 1 aromatic heterocycles. The third kappa shape index (κ3) is 3.48. The van der Waals surface area contributed by atoms with Gasteiger partial charge in [0.25, 0.3) is 0 Å². The van der Waals surface area contributed by atoms with Crippen LogP contribution in [0.15, 0.2) is 6.20 Å². The Bertz CT molecular complexity index is 349. The van der Waals surface area contributed by atoms with Crippen LogP contribution in [0, 0.1) is 0 Å². The highest BCUT2D eigenvalue weighted by Crippen LogP contribution is 2.21. The first-order valence-electron chi connectivity index (χ1n) is 6.17. The highest BCUT2D eigenvalue weighted by Gasteiger charge is 2.15. The van der Waals surface area contributed by atoms with E-state index in [0.29, 0.717) is 5.92 Å². The first-order valence-corrected chi connectivity index (χ1v) is 6.17. The Morgan fingerprint density at radius 3 is 2.59 bits per heavy atom. The lowest BCUT2D eigenvalue weighted by Gasteiger charge is -2.16. The zero-order chi connectivity index (χ0) is 12.8. The maximum atomic E-state index is 5.38. The first kappa shape index (κ1) is 14.1. The number of nitrogens with one attached hydrogen (secondary N) is 1. The van der Waals surface area contributed by atoms with E-state index in [0.717, 1.165) is 30.0 Å². The molecule has 0 fully saturated rings. The largest absolute Gasteiger partial charge is 0.373 e. The zero-order valence-corrected chi connectivity index (χ0v) is 11.4. The minimum absolute atomic E-state index is 0.00358. The lowest BCUT2D eigenvalue weighted by atomic mass is 10.0. The molecule has 1 aromatic rings. The van der Waals surface area contributed by atoms with Crippen LogP contribution >= 0.6 is 0 Å². The molecule has 0 aromatic carbocycles. The molecule has 0 amide bonds. The predicted molar refractivity (Wildman–Crippen MR) is 68.9 cm³/mol. The van der Waals surface area contributed by atoms with Gasteiger partial charge in [-0.2, -0.15) is 0 Å². The summed E-state index contributed by atoms with van der Waals surface area (Å²) >= 11 is 0. The average molecular weight is 237 g/mol. The van der Waals surface area contributed by atoms with Crippen LogP contribution in [0.1, 0.15) is 56.3 Å². The lowest BCUT2D eigenvalue weighted by molar-refractivity contribution is 0.0922. The van der Waals surface area contributed by atoms with Crippen molar-refractivity contribution in [3.63, 3.8) is 0 Å². The Balaban J connectivity index is 3.08. The molecule has 1 atom stereocenters. The van der Waals surface area contributed by atoms with Crippen molar-refractivity contribution in [3.8, 4) is 0 Å². The van der Waals surface area contributed by atoms with Crippen molar-refractivity contribution >= 4 is 0 Å². The Kier molecular flexibility index (Phi) is 5.51. The molecular formula is C13H23N3O. The van der Waals surface area contributed by atoms with Crippen molar-refractivity contribution in [2.75, 3.05) is 14.2 Å². The molecule has 4 nitrogen and oxygen atoms in total. The molecule has 1 rings (SSSR count). The van der Waals surface area contributed by atoms with E-state index in [-0.39, 0.29) is 6.10 Å². The Hall–Kier alpha value is -1.00. The van der Waals surface area contributed by atoms with Gasteiger partial charge in [-0.15, -0.1) is 0 Å². The van der Waals surface area contributed by atoms with Gasteiger partial charge < -0.3 is 10.1 Å². The lowest BCUT2D eigenvalue weighted by Crippen LogP contribution is -2.14. The summed E-state index contributed by atoms with van der Waals surface area (Å²) in [5.74, 6) is 1.19. The molecule has 0 saturated carbocycles. The van der Waals surface area contributed by atoms with E-state index < -0.39 is 0 Å². The maximum absolute atomic E-state index is 5.38. The maximum Gasteiger partial charge on any atom is 0.157 e. The van der Waals surface area contributed by atoms with E-state index in [4.69, 9.17) is 4.74 Å². The van der Waals surface area contributed by atoms with E-state index in [1.807, 2.05) is 13.2 Å². The summed E-state index contributed by atoms with van der Waals surface area (Å²) in [6.45, 7) is 7.18. The fourth-order valence-corrected chi connectivity index (χ4v) is 1.87. The van der Waals surface area contributed by atoms with Gasteiger partial charge in [-0.1, -0.05) is 20.8 Å². The van der Waals surface area contributed by atoms with Gasteiger partial charge in [0, 0.05) is 25.4 Å². The van der Waals surface area contributed by atoms with Gasteiger partial charge in [-0.05, 0) is 19.4 Å². The van der Waals surface area contributed by atoms with Crippen LogP contribution in [0.4, 0.5) is 0 Å². The van der Waals surface area contributed by atoms with Crippen LogP contribution < -0.4 is 5.32 Å². The van der Waals surface area contributed by atoms with Crippen molar-refractivity contribution < 1.29 is 4.74 Å². The first-order chi connectivity index (χ1) is 8.13. The highest BCUT2D eigenvalue weighted by molar-refractivity contribution is 5.21. The summed E-state index contributed by atoms with van der Waals surface area (Å²) in [7, 11) is 3.64. The quantitative estimate of drug-likeness (QED) is 0.825. The SMILES string of the molecule is CCC(OC)c1ncc(CNC)c(C(C)C)n1. The van der Waals surface area contributed by atoms with Gasteiger partial charge in [0.1, 0.15) is 6.10 Å². The number of hydrogen-bond donors (Lipinski definition) is 1. The molecule has 0 aliphatic heterocycles. The molecule has 1 unspecified atom stereocenters. The Morgan fingerprint density at radius 1 is 1.41 bits per heavy atom. The van der Waals surface area contributed by atoms with E-state index in [9.17, 15) is 0 Å². The molecule has 0 spiro atoms. The molecule has 0 aliphatic carbocycles. The standard InChI is InChI=1S/C13H23N3O/c1-6-11(17-5)13-15-8-10(7-14-4)12(16-13)9(2)3/h8-9,11,14H,6-7H2,1-5H3. The summed E-state index contributed by atoms with van der Waals surface area (Å²) < 4.78 is 5.38. The summed E-state index contributed by atoms with van der Waals surface area (Å²) in [4.78, 5) is 9.06. The minimum atomic E-state index is -0.00358. The number of ether oxygens (including phenoxy) is 1. The Morgan fingerprint density at radius 2 is 2.12 bits per heavy atom. The number of aromatic nitrogens is 2. The molecule has 96 valence electrons. The number of rotatable bonds is 6. The van der Waals surface area contributed by atoms with Crippen LogP contribution in [0.3, 0.4) is 0 Å². The third-order valence-electron chi connectivity index (χ3n) is 2.77.